The smallest absolute Gasteiger partial charge is 0.340 e. The van der Waals surface area contributed by atoms with E-state index in [2.05, 4.69) is 5.32 Å². The molecule has 0 aliphatic rings. The van der Waals surface area contributed by atoms with E-state index in [1.54, 1.807) is 18.2 Å². The van der Waals surface area contributed by atoms with Gasteiger partial charge in [0.2, 0.25) is 0 Å². The minimum atomic E-state index is -0.406. The van der Waals surface area contributed by atoms with Crippen LogP contribution >= 0.6 is 11.6 Å². The number of anilines is 1. The van der Waals surface area contributed by atoms with E-state index >= 15 is 0 Å². The maximum Gasteiger partial charge on any atom is 0.340 e. The largest absolute Gasteiger partial charge is 0.465 e. The van der Waals surface area contributed by atoms with Crippen LogP contribution in [-0.2, 0) is 18.3 Å². The summed E-state index contributed by atoms with van der Waals surface area (Å²) in [7, 11) is 3.32. The average molecular weight is 279 g/mol. The van der Waals surface area contributed by atoms with E-state index in [0.29, 0.717) is 22.8 Å². The molecule has 5 heteroatoms. The number of esters is 1. The quantitative estimate of drug-likeness (QED) is 0.874. The molecule has 0 unspecified atom stereocenters. The Morgan fingerprint density at radius 3 is 2.84 bits per heavy atom. The van der Waals surface area contributed by atoms with Gasteiger partial charge in [0.25, 0.3) is 0 Å². The Bertz CT molecular complexity index is 593. The molecule has 0 amide bonds. The Balaban J connectivity index is 2.20. The van der Waals surface area contributed by atoms with Gasteiger partial charge < -0.3 is 14.6 Å². The van der Waals surface area contributed by atoms with E-state index < -0.39 is 5.97 Å². The van der Waals surface area contributed by atoms with Gasteiger partial charge in [0.05, 0.1) is 19.2 Å². The Kier molecular flexibility index (Phi) is 4.12. The first-order valence-electron chi connectivity index (χ1n) is 5.83. The molecule has 19 heavy (non-hydrogen) atoms. The van der Waals surface area contributed by atoms with E-state index in [4.69, 9.17) is 16.3 Å². The van der Waals surface area contributed by atoms with E-state index in [0.717, 1.165) is 5.69 Å². The number of nitrogens with zero attached hydrogens (tertiary/aromatic N) is 1. The minimum Gasteiger partial charge on any atom is -0.465 e. The van der Waals surface area contributed by atoms with Gasteiger partial charge in [-0.25, -0.2) is 4.79 Å². The molecule has 0 radical (unpaired) electrons. The zero-order valence-electron chi connectivity index (χ0n) is 10.8. The highest BCUT2D eigenvalue weighted by atomic mass is 35.5. The fraction of sp³-hybridized carbons (Fsp3) is 0.214. The molecule has 2 rings (SSSR count). The number of halogens is 1. The second-order valence-corrected chi connectivity index (χ2v) is 4.58. The van der Waals surface area contributed by atoms with Gasteiger partial charge in [0.15, 0.2) is 0 Å². The number of benzene rings is 1. The number of hydrogen-bond donors (Lipinski definition) is 1. The molecule has 1 heterocycles. The molecule has 1 N–H and O–H groups in total. The molecule has 1 aromatic heterocycles. The highest BCUT2D eigenvalue weighted by Gasteiger charge is 2.12. The monoisotopic (exact) mass is 278 g/mol. The van der Waals surface area contributed by atoms with Gasteiger partial charge in [0.1, 0.15) is 0 Å². The highest BCUT2D eigenvalue weighted by Crippen LogP contribution is 2.22. The minimum absolute atomic E-state index is 0.406. The topological polar surface area (TPSA) is 43.3 Å². The number of carbonyl (C=O) groups excluding carboxylic acids is 1. The van der Waals surface area contributed by atoms with Gasteiger partial charge >= 0.3 is 5.97 Å². The molecule has 2 aromatic rings. The Morgan fingerprint density at radius 2 is 2.21 bits per heavy atom. The van der Waals surface area contributed by atoms with Crippen LogP contribution < -0.4 is 5.32 Å². The van der Waals surface area contributed by atoms with Crippen molar-refractivity contribution in [1.29, 1.82) is 0 Å². The first-order chi connectivity index (χ1) is 9.11. The van der Waals surface area contributed by atoms with Crippen LogP contribution in [0.15, 0.2) is 36.5 Å². The van der Waals surface area contributed by atoms with Crippen LogP contribution in [0, 0.1) is 0 Å². The summed E-state index contributed by atoms with van der Waals surface area (Å²) >= 11 is 5.90. The van der Waals surface area contributed by atoms with Crippen molar-refractivity contribution in [3.05, 3.63) is 52.8 Å². The van der Waals surface area contributed by atoms with Crippen molar-refractivity contribution in [2.75, 3.05) is 12.4 Å². The van der Waals surface area contributed by atoms with Crippen LogP contribution in [0.3, 0.4) is 0 Å². The standard InChI is InChI=1S/C14H15ClN2O2/c1-17-7-3-4-11(17)9-16-13-6-5-10(15)8-12(13)14(18)19-2/h3-8,16H,9H2,1-2H3. The van der Waals surface area contributed by atoms with Crippen molar-refractivity contribution in [2.45, 2.75) is 6.54 Å². The van der Waals surface area contributed by atoms with Crippen LogP contribution in [0.4, 0.5) is 5.69 Å². The summed E-state index contributed by atoms with van der Waals surface area (Å²) in [5.41, 5.74) is 2.26. The number of rotatable bonds is 4. The predicted molar refractivity (Wildman–Crippen MR) is 75.5 cm³/mol. The lowest BCUT2D eigenvalue weighted by atomic mass is 10.1. The number of hydrogen-bond acceptors (Lipinski definition) is 3. The van der Waals surface area contributed by atoms with Crippen LogP contribution in [0.25, 0.3) is 0 Å². The van der Waals surface area contributed by atoms with Crippen LogP contribution in [0.5, 0.6) is 0 Å². The molecule has 0 saturated carbocycles. The summed E-state index contributed by atoms with van der Waals surface area (Å²) in [6, 6.07) is 9.10. The SMILES string of the molecule is COC(=O)c1cc(Cl)ccc1NCc1cccn1C. The van der Waals surface area contributed by atoms with Crippen LogP contribution in [-0.4, -0.2) is 17.6 Å². The van der Waals surface area contributed by atoms with Crippen molar-refractivity contribution in [3.8, 4) is 0 Å². The molecule has 0 atom stereocenters. The summed E-state index contributed by atoms with van der Waals surface area (Å²) in [6.45, 7) is 0.620. The zero-order valence-corrected chi connectivity index (χ0v) is 11.6. The second-order valence-electron chi connectivity index (χ2n) is 4.15. The molecule has 1 aromatic carbocycles. The van der Waals surface area contributed by atoms with E-state index in [1.165, 1.54) is 7.11 Å². The Labute approximate surface area is 116 Å². The number of nitrogens with one attached hydrogen (secondary N) is 1. The molecular formula is C14H15ClN2O2. The Hall–Kier alpha value is -1.94. The fourth-order valence-corrected chi connectivity index (χ4v) is 1.99. The molecule has 0 bridgehead atoms. The molecule has 0 aliphatic carbocycles. The van der Waals surface area contributed by atoms with Crippen LogP contribution in [0.2, 0.25) is 5.02 Å². The summed E-state index contributed by atoms with van der Waals surface area (Å²) < 4.78 is 6.76. The predicted octanol–water partition coefficient (Wildman–Crippen LogP) is 3.08. The van der Waals surface area contributed by atoms with E-state index in [1.807, 2.05) is 29.9 Å². The third-order valence-electron chi connectivity index (χ3n) is 2.90. The molecule has 0 spiro atoms. The van der Waals surface area contributed by atoms with Gasteiger partial charge in [-0.1, -0.05) is 11.6 Å². The summed E-state index contributed by atoms with van der Waals surface area (Å²) in [5.74, 6) is -0.406. The summed E-state index contributed by atoms with van der Waals surface area (Å²) in [4.78, 5) is 11.7. The number of ether oxygens (including phenoxy) is 1. The number of methoxy groups -OCH3 is 1. The first-order valence-corrected chi connectivity index (χ1v) is 6.21. The molecular weight excluding hydrogens is 264 g/mol. The van der Waals surface area contributed by atoms with Crippen molar-refractivity contribution in [3.63, 3.8) is 0 Å². The van der Waals surface area contributed by atoms with Crippen molar-refractivity contribution >= 4 is 23.3 Å². The van der Waals surface area contributed by atoms with Crippen molar-refractivity contribution in [2.24, 2.45) is 7.05 Å². The van der Waals surface area contributed by atoms with Gasteiger partial charge in [0, 0.05) is 29.6 Å². The van der Waals surface area contributed by atoms with Gasteiger partial charge in [-0.05, 0) is 30.3 Å². The molecule has 4 nitrogen and oxygen atoms in total. The molecule has 0 fully saturated rings. The van der Waals surface area contributed by atoms with Crippen molar-refractivity contribution in [1.82, 2.24) is 4.57 Å². The molecule has 100 valence electrons. The lowest BCUT2D eigenvalue weighted by Gasteiger charge is -2.11. The number of aryl methyl sites for hydroxylation is 1. The second kappa shape index (κ2) is 5.80. The van der Waals surface area contributed by atoms with Gasteiger partial charge in [-0.15, -0.1) is 0 Å². The van der Waals surface area contributed by atoms with Gasteiger partial charge in [-0.2, -0.15) is 0 Å². The maximum absolute atomic E-state index is 11.7. The highest BCUT2D eigenvalue weighted by molar-refractivity contribution is 6.31. The lowest BCUT2D eigenvalue weighted by Crippen LogP contribution is -2.09. The first kappa shape index (κ1) is 13.5. The molecule has 0 aliphatic heterocycles. The number of aromatic nitrogens is 1. The van der Waals surface area contributed by atoms with Gasteiger partial charge in [-0.3, -0.25) is 0 Å². The average Bonchev–Trinajstić information content (AvgIpc) is 2.82. The summed E-state index contributed by atoms with van der Waals surface area (Å²) in [5, 5.41) is 3.72. The third kappa shape index (κ3) is 3.09. The molecule has 0 saturated heterocycles. The maximum atomic E-state index is 11.7. The zero-order chi connectivity index (χ0) is 13.8. The summed E-state index contributed by atoms with van der Waals surface area (Å²) in [6.07, 6.45) is 1.97. The third-order valence-corrected chi connectivity index (χ3v) is 3.13. The number of carbonyl (C=O) groups is 1. The van der Waals surface area contributed by atoms with E-state index in [9.17, 15) is 4.79 Å². The van der Waals surface area contributed by atoms with Crippen molar-refractivity contribution < 1.29 is 9.53 Å². The van der Waals surface area contributed by atoms with Crippen LogP contribution in [0.1, 0.15) is 16.1 Å². The Morgan fingerprint density at radius 1 is 1.42 bits per heavy atom. The van der Waals surface area contributed by atoms with E-state index in [-0.39, 0.29) is 0 Å². The fourth-order valence-electron chi connectivity index (χ4n) is 1.82. The normalized spacial score (nSPS) is 10.3. The lowest BCUT2D eigenvalue weighted by molar-refractivity contribution is 0.0602.